The van der Waals surface area contributed by atoms with Crippen molar-refractivity contribution in [3.05, 3.63) is 18.4 Å². The van der Waals surface area contributed by atoms with E-state index in [1.165, 1.54) is 4.59 Å². The molecule has 0 bridgehead atoms. The summed E-state index contributed by atoms with van der Waals surface area (Å²) in [4.78, 5) is 0. The number of hydrogen-bond acceptors (Lipinski definition) is 1. The fraction of sp³-hybridized carbons (Fsp3) is 0.556. The molecule has 1 rings (SSSR count). The van der Waals surface area contributed by atoms with Crippen LogP contribution in [-0.2, 0) is 0 Å². The van der Waals surface area contributed by atoms with Crippen LogP contribution in [0.5, 0.6) is 0 Å². The van der Waals surface area contributed by atoms with Gasteiger partial charge in [0.15, 0.2) is 0 Å². The molecule has 3 heteroatoms. The van der Waals surface area contributed by atoms with E-state index in [0.717, 1.165) is 0 Å². The van der Waals surface area contributed by atoms with Crippen molar-refractivity contribution >= 4 is 33.3 Å². The van der Waals surface area contributed by atoms with Crippen LogP contribution < -0.4 is 4.59 Å². The monoisotopic (exact) mass is 290 g/mol. The third kappa shape index (κ3) is 7.04. The van der Waals surface area contributed by atoms with E-state index in [2.05, 4.69) is 34.8 Å². The van der Waals surface area contributed by atoms with Gasteiger partial charge in [-0.1, -0.05) is 0 Å². The summed E-state index contributed by atoms with van der Waals surface area (Å²) in [6.07, 6.45) is 1.75. The van der Waals surface area contributed by atoms with E-state index in [-0.39, 0.29) is 14.3 Å². The first-order valence-electron chi connectivity index (χ1n) is 4.15. The van der Waals surface area contributed by atoms with Crippen LogP contribution in [0.1, 0.15) is 0 Å². The standard InChI is InChI=1S/C6H9GeO.C3H9Ge/c1-7(2)6-4-3-5-8-6;1-4(2)3/h3-5H,1-2H3;1-3H3. The average Bonchev–Trinajstić information content (AvgIpc) is 2.34. The van der Waals surface area contributed by atoms with Gasteiger partial charge in [0.25, 0.3) is 0 Å². The van der Waals surface area contributed by atoms with E-state index in [9.17, 15) is 0 Å². The second-order valence-corrected chi connectivity index (χ2v) is 15.0. The van der Waals surface area contributed by atoms with Crippen molar-refractivity contribution < 1.29 is 4.42 Å². The van der Waals surface area contributed by atoms with Crippen LogP contribution in [0.15, 0.2) is 22.8 Å². The van der Waals surface area contributed by atoms with Crippen molar-refractivity contribution in [2.24, 2.45) is 0 Å². The first kappa shape index (κ1) is 12.4. The predicted molar refractivity (Wildman–Crippen MR) is 59.2 cm³/mol. The predicted octanol–water partition coefficient (Wildman–Crippen LogP) is 2.61. The summed E-state index contributed by atoms with van der Waals surface area (Å²) in [6.45, 7) is 0. The molecule has 12 heavy (non-hydrogen) atoms. The molecule has 1 aromatic rings. The van der Waals surface area contributed by atoms with E-state index in [1.54, 1.807) is 6.26 Å². The van der Waals surface area contributed by atoms with Gasteiger partial charge >= 0.3 is 84.9 Å². The van der Waals surface area contributed by atoms with E-state index in [0.29, 0.717) is 0 Å². The summed E-state index contributed by atoms with van der Waals surface area (Å²) < 4.78 is 6.40. The molecule has 68 valence electrons. The molecule has 0 unspecified atom stereocenters. The molecule has 0 N–H and O–H groups in total. The third-order valence-corrected chi connectivity index (χ3v) is 3.68. The molecule has 0 saturated heterocycles. The molecule has 1 nitrogen and oxygen atoms in total. The fourth-order valence-corrected chi connectivity index (χ4v) is 2.10. The van der Waals surface area contributed by atoms with Crippen molar-refractivity contribution in [1.82, 2.24) is 0 Å². The molecule has 0 aliphatic heterocycles. The van der Waals surface area contributed by atoms with Crippen molar-refractivity contribution in [3.8, 4) is 0 Å². The zero-order chi connectivity index (χ0) is 9.56. The van der Waals surface area contributed by atoms with E-state index >= 15 is 0 Å². The Morgan fingerprint density at radius 1 is 1.08 bits per heavy atom. The number of hydrogen-bond donors (Lipinski definition) is 0. The Kier molecular flexibility index (Phi) is 7.04. The minimum absolute atomic E-state index is 0.333. The molecule has 1 aromatic heterocycles. The Morgan fingerprint density at radius 3 is 1.75 bits per heavy atom. The van der Waals surface area contributed by atoms with Crippen LogP contribution in [0.3, 0.4) is 0 Å². The molecule has 0 spiro atoms. The summed E-state index contributed by atoms with van der Waals surface area (Å²) >= 11 is -1.21. The van der Waals surface area contributed by atoms with Crippen LogP contribution in [0, 0.1) is 0 Å². The molecular weight excluding hydrogens is 269 g/mol. The van der Waals surface area contributed by atoms with Crippen LogP contribution in [0.25, 0.3) is 0 Å². The van der Waals surface area contributed by atoms with Crippen LogP contribution >= 0.6 is 0 Å². The number of furan rings is 1. The topological polar surface area (TPSA) is 13.1 Å². The Labute approximate surface area is 84.8 Å². The van der Waals surface area contributed by atoms with Gasteiger partial charge in [-0.25, -0.2) is 0 Å². The van der Waals surface area contributed by atoms with Crippen molar-refractivity contribution in [1.29, 1.82) is 0 Å². The molecular formula is C9H18Ge2O. The molecule has 0 saturated carbocycles. The Hall–Kier alpha value is 0.366. The van der Waals surface area contributed by atoms with Gasteiger partial charge in [-0.15, -0.1) is 0 Å². The van der Waals surface area contributed by atoms with Gasteiger partial charge < -0.3 is 0 Å². The minimum atomic E-state index is -0.880. The molecule has 0 aromatic carbocycles. The van der Waals surface area contributed by atoms with Gasteiger partial charge in [0.1, 0.15) is 0 Å². The Balaban J connectivity index is 0.000000261. The SMILES string of the molecule is [CH3][Ge]([CH3])[CH3].[CH3][Ge]([CH3])[c]1ccco1. The average molecular weight is 287 g/mol. The van der Waals surface area contributed by atoms with Crippen LogP contribution in [0.4, 0.5) is 0 Å². The van der Waals surface area contributed by atoms with Gasteiger partial charge in [-0.05, 0) is 0 Å². The quantitative estimate of drug-likeness (QED) is 0.724. The van der Waals surface area contributed by atoms with Crippen LogP contribution in [0.2, 0.25) is 28.8 Å². The maximum atomic E-state index is 5.17. The maximum absolute atomic E-state index is 5.17. The normalized spacial score (nSPS) is 9.92. The van der Waals surface area contributed by atoms with Gasteiger partial charge in [-0.2, -0.15) is 0 Å². The van der Waals surface area contributed by atoms with Crippen molar-refractivity contribution in [2.75, 3.05) is 0 Å². The fourth-order valence-electron chi connectivity index (χ4n) is 0.563. The summed E-state index contributed by atoms with van der Waals surface area (Å²) in [6, 6.07) is 4.02. The summed E-state index contributed by atoms with van der Waals surface area (Å²) in [5.41, 5.74) is 0. The second kappa shape index (κ2) is 6.84. The second-order valence-electron chi connectivity index (χ2n) is 3.48. The third-order valence-electron chi connectivity index (χ3n) is 1.01. The van der Waals surface area contributed by atoms with Crippen molar-refractivity contribution in [3.63, 3.8) is 0 Å². The van der Waals surface area contributed by atoms with E-state index in [4.69, 9.17) is 4.42 Å². The first-order chi connectivity index (χ1) is 5.54. The van der Waals surface area contributed by atoms with Gasteiger partial charge in [0.05, 0.1) is 0 Å². The zero-order valence-corrected chi connectivity index (χ0v) is 12.8. The molecule has 1 heterocycles. The summed E-state index contributed by atoms with van der Waals surface area (Å²) in [7, 11) is 0. The molecule has 0 amide bonds. The number of rotatable bonds is 1. The molecule has 0 atom stereocenters. The van der Waals surface area contributed by atoms with Gasteiger partial charge in [-0.3, -0.25) is 0 Å². The Bertz CT molecular complexity index is 178. The molecule has 0 fully saturated rings. The van der Waals surface area contributed by atoms with Crippen molar-refractivity contribution in [2.45, 2.75) is 28.8 Å². The van der Waals surface area contributed by atoms with E-state index in [1.807, 2.05) is 6.07 Å². The van der Waals surface area contributed by atoms with E-state index < -0.39 is 14.3 Å². The Morgan fingerprint density at radius 2 is 1.58 bits per heavy atom. The van der Waals surface area contributed by atoms with Gasteiger partial charge in [0, 0.05) is 0 Å². The van der Waals surface area contributed by atoms with Gasteiger partial charge in [0.2, 0.25) is 0 Å². The zero-order valence-electron chi connectivity index (χ0n) is 8.64. The molecule has 0 aliphatic rings. The molecule has 2 radical (unpaired) electrons. The van der Waals surface area contributed by atoms with Crippen LogP contribution in [-0.4, -0.2) is 28.7 Å². The molecule has 0 aliphatic carbocycles. The summed E-state index contributed by atoms with van der Waals surface area (Å²) in [5, 5.41) is 0. The first-order valence-corrected chi connectivity index (χ1v) is 15.7. The summed E-state index contributed by atoms with van der Waals surface area (Å²) in [5.74, 6) is 11.6.